The van der Waals surface area contributed by atoms with Gasteiger partial charge in [0.1, 0.15) is 0 Å². The SMILES string of the molecule is CC(=O)Nc1ccc([C@@H]2O[C@H](CSc3ncccn3)[C@H](C)[C@H](c3ccc(CO)cc3)O2)cc1. The molecule has 2 aromatic carbocycles. The Labute approximate surface area is 197 Å². The molecule has 0 unspecified atom stereocenters. The van der Waals surface area contributed by atoms with Crippen LogP contribution in [0, 0.1) is 5.92 Å². The number of anilines is 1. The van der Waals surface area contributed by atoms with Gasteiger partial charge in [-0.2, -0.15) is 0 Å². The van der Waals surface area contributed by atoms with Crippen molar-refractivity contribution in [1.82, 2.24) is 9.97 Å². The molecule has 0 spiro atoms. The summed E-state index contributed by atoms with van der Waals surface area (Å²) in [5, 5.41) is 12.9. The number of nitrogens with one attached hydrogen (secondary N) is 1. The number of benzene rings is 2. The highest BCUT2D eigenvalue weighted by Gasteiger charge is 2.38. The Morgan fingerprint density at radius 2 is 1.70 bits per heavy atom. The maximum absolute atomic E-state index is 11.3. The maximum atomic E-state index is 11.3. The molecule has 1 aliphatic heterocycles. The Hall–Kier alpha value is -2.78. The number of ether oxygens (including phenoxy) is 2. The lowest BCUT2D eigenvalue weighted by atomic mass is 9.91. The van der Waals surface area contributed by atoms with E-state index in [1.807, 2.05) is 48.5 Å². The molecule has 0 saturated carbocycles. The van der Waals surface area contributed by atoms with E-state index in [0.717, 1.165) is 22.4 Å². The number of aliphatic hydroxyl groups is 1. The van der Waals surface area contributed by atoms with Crippen molar-refractivity contribution in [3.8, 4) is 0 Å². The number of nitrogens with zero attached hydrogens (tertiary/aromatic N) is 2. The number of rotatable bonds is 7. The summed E-state index contributed by atoms with van der Waals surface area (Å²) in [7, 11) is 0. The predicted octanol–water partition coefficient (Wildman–Crippen LogP) is 4.51. The first-order valence-electron chi connectivity index (χ1n) is 10.8. The van der Waals surface area contributed by atoms with Crippen LogP contribution in [0.3, 0.4) is 0 Å². The maximum Gasteiger partial charge on any atom is 0.221 e. The summed E-state index contributed by atoms with van der Waals surface area (Å²) in [4.78, 5) is 19.9. The van der Waals surface area contributed by atoms with E-state index in [1.165, 1.54) is 6.92 Å². The Bertz CT molecular complexity index is 1050. The number of aromatic nitrogens is 2. The number of carbonyl (C=O) groups is 1. The fourth-order valence-electron chi connectivity index (χ4n) is 3.75. The van der Waals surface area contributed by atoms with Crippen LogP contribution >= 0.6 is 11.8 Å². The summed E-state index contributed by atoms with van der Waals surface area (Å²) in [6.07, 6.45) is 2.62. The van der Waals surface area contributed by atoms with Gasteiger partial charge >= 0.3 is 0 Å². The third-order valence-corrected chi connectivity index (χ3v) is 6.51. The lowest BCUT2D eigenvalue weighted by molar-refractivity contribution is -0.268. The fraction of sp³-hybridized carbons (Fsp3) is 0.320. The van der Waals surface area contributed by atoms with Gasteiger partial charge in [-0.1, -0.05) is 55.1 Å². The lowest BCUT2D eigenvalue weighted by Gasteiger charge is -2.41. The van der Waals surface area contributed by atoms with E-state index < -0.39 is 6.29 Å². The molecule has 0 radical (unpaired) electrons. The fourth-order valence-corrected chi connectivity index (χ4v) is 4.72. The van der Waals surface area contributed by atoms with Gasteiger partial charge in [0.2, 0.25) is 5.91 Å². The van der Waals surface area contributed by atoms with Crippen molar-refractivity contribution in [1.29, 1.82) is 0 Å². The molecule has 0 bridgehead atoms. The molecule has 4 rings (SSSR count). The van der Waals surface area contributed by atoms with Crippen molar-refractivity contribution in [3.63, 3.8) is 0 Å². The average molecular weight is 466 g/mol. The summed E-state index contributed by atoms with van der Waals surface area (Å²) in [6, 6.07) is 17.1. The molecule has 4 atom stereocenters. The molecule has 1 fully saturated rings. The van der Waals surface area contributed by atoms with E-state index >= 15 is 0 Å². The van der Waals surface area contributed by atoms with Crippen molar-refractivity contribution >= 4 is 23.4 Å². The van der Waals surface area contributed by atoms with Gasteiger partial charge < -0.3 is 19.9 Å². The second-order valence-corrected chi connectivity index (χ2v) is 8.95. The van der Waals surface area contributed by atoms with Crippen LogP contribution in [0.5, 0.6) is 0 Å². The van der Waals surface area contributed by atoms with Crippen LogP contribution in [-0.4, -0.2) is 32.8 Å². The lowest BCUT2D eigenvalue weighted by Crippen LogP contribution is -2.38. The number of hydrogen-bond acceptors (Lipinski definition) is 7. The van der Waals surface area contributed by atoms with Gasteiger partial charge in [0, 0.05) is 42.2 Å². The molecule has 1 aromatic heterocycles. The average Bonchev–Trinajstić information content (AvgIpc) is 2.84. The highest BCUT2D eigenvalue weighted by atomic mass is 32.2. The largest absolute Gasteiger partial charge is 0.392 e. The first kappa shape index (κ1) is 23.4. The molecular weight excluding hydrogens is 438 g/mol. The molecule has 172 valence electrons. The molecular formula is C25H27N3O4S. The molecule has 8 heteroatoms. The number of amides is 1. The quantitative estimate of drug-likeness (QED) is 0.392. The van der Waals surface area contributed by atoms with E-state index in [-0.39, 0.29) is 30.6 Å². The Morgan fingerprint density at radius 3 is 2.33 bits per heavy atom. The molecule has 7 nitrogen and oxygen atoms in total. The van der Waals surface area contributed by atoms with Gasteiger partial charge in [0.25, 0.3) is 0 Å². The van der Waals surface area contributed by atoms with Crippen molar-refractivity contribution in [2.75, 3.05) is 11.1 Å². The van der Waals surface area contributed by atoms with E-state index in [2.05, 4.69) is 22.2 Å². The molecule has 0 aliphatic carbocycles. The number of hydrogen-bond donors (Lipinski definition) is 2. The number of thioether (sulfide) groups is 1. The third-order valence-electron chi connectivity index (χ3n) is 5.55. The summed E-state index contributed by atoms with van der Waals surface area (Å²) in [5.41, 5.74) is 3.49. The highest BCUT2D eigenvalue weighted by Crippen LogP contribution is 2.42. The predicted molar refractivity (Wildman–Crippen MR) is 126 cm³/mol. The van der Waals surface area contributed by atoms with Crippen molar-refractivity contribution in [2.24, 2.45) is 5.92 Å². The van der Waals surface area contributed by atoms with Crippen molar-refractivity contribution in [2.45, 2.75) is 44.1 Å². The Balaban J connectivity index is 1.57. The van der Waals surface area contributed by atoms with Crippen LogP contribution in [0.25, 0.3) is 0 Å². The summed E-state index contributed by atoms with van der Waals surface area (Å²) >= 11 is 1.56. The van der Waals surface area contributed by atoms with Crippen LogP contribution < -0.4 is 5.32 Å². The normalized spacial score (nSPS) is 22.6. The minimum atomic E-state index is -0.558. The molecule has 3 aromatic rings. The van der Waals surface area contributed by atoms with Gasteiger partial charge in [-0.15, -0.1) is 0 Å². The van der Waals surface area contributed by atoms with Crippen molar-refractivity contribution < 1.29 is 19.4 Å². The summed E-state index contributed by atoms with van der Waals surface area (Å²) in [6.45, 7) is 3.61. The standard InChI is InChI=1S/C25H27N3O4S/c1-16-22(15-33-25-26-12-3-13-27-25)31-24(20-8-10-21(11-9-20)28-17(2)30)32-23(16)19-6-4-18(14-29)5-7-19/h3-13,16,22-24,29H,14-15H2,1-2H3,(H,28,30)/t16-,22+,23+,24+/m0/s1. The number of carbonyl (C=O) groups excluding carboxylic acids is 1. The van der Waals surface area contributed by atoms with E-state index in [4.69, 9.17) is 9.47 Å². The zero-order chi connectivity index (χ0) is 23.2. The minimum Gasteiger partial charge on any atom is -0.392 e. The summed E-state index contributed by atoms with van der Waals surface area (Å²) < 4.78 is 12.8. The molecule has 2 N–H and O–H groups in total. The van der Waals surface area contributed by atoms with Crippen LogP contribution in [0.1, 0.15) is 42.9 Å². The molecule has 2 heterocycles. The Morgan fingerprint density at radius 1 is 1.03 bits per heavy atom. The van der Waals surface area contributed by atoms with Crippen LogP contribution in [0.2, 0.25) is 0 Å². The smallest absolute Gasteiger partial charge is 0.221 e. The van der Waals surface area contributed by atoms with Crippen LogP contribution in [0.4, 0.5) is 5.69 Å². The second kappa shape index (κ2) is 10.9. The molecule has 1 amide bonds. The van der Waals surface area contributed by atoms with Crippen LogP contribution in [-0.2, 0) is 20.9 Å². The first-order chi connectivity index (χ1) is 16.0. The molecule has 1 aliphatic rings. The second-order valence-electron chi connectivity index (χ2n) is 7.97. The number of aliphatic hydroxyl groups excluding tert-OH is 1. The molecule has 1 saturated heterocycles. The topological polar surface area (TPSA) is 93.6 Å². The minimum absolute atomic E-state index is 0.00405. The van der Waals surface area contributed by atoms with Gasteiger partial charge in [0.05, 0.1) is 18.8 Å². The Kier molecular flexibility index (Phi) is 7.72. The van der Waals surface area contributed by atoms with Crippen molar-refractivity contribution in [3.05, 3.63) is 83.7 Å². The van der Waals surface area contributed by atoms with E-state index in [1.54, 1.807) is 30.2 Å². The van der Waals surface area contributed by atoms with Gasteiger partial charge in [-0.05, 0) is 29.3 Å². The van der Waals surface area contributed by atoms with E-state index in [0.29, 0.717) is 10.9 Å². The first-order valence-corrected chi connectivity index (χ1v) is 11.8. The van der Waals surface area contributed by atoms with Crippen LogP contribution in [0.15, 0.2) is 72.1 Å². The summed E-state index contributed by atoms with van der Waals surface area (Å²) in [5.74, 6) is 0.643. The monoisotopic (exact) mass is 465 g/mol. The highest BCUT2D eigenvalue weighted by molar-refractivity contribution is 7.99. The zero-order valence-corrected chi connectivity index (χ0v) is 19.4. The van der Waals surface area contributed by atoms with Gasteiger partial charge in [-0.3, -0.25) is 4.79 Å². The van der Waals surface area contributed by atoms with E-state index in [9.17, 15) is 9.90 Å². The zero-order valence-electron chi connectivity index (χ0n) is 18.5. The van der Waals surface area contributed by atoms with Gasteiger partial charge in [0.15, 0.2) is 11.4 Å². The third kappa shape index (κ3) is 5.97. The molecule has 33 heavy (non-hydrogen) atoms. The van der Waals surface area contributed by atoms with Gasteiger partial charge in [-0.25, -0.2) is 9.97 Å².